The first-order valence-corrected chi connectivity index (χ1v) is 10.5. The minimum absolute atomic E-state index is 0.0304. The van der Waals surface area contributed by atoms with Gasteiger partial charge in [0.15, 0.2) is 0 Å². The van der Waals surface area contributed by atoms with Gasteiger partial charge in [-0.2, -0.15) is 0 Å². The maximum absolute atomic E-state index is 12.8. The predicted molar refractivity (Wildman–Crippen MR) is 112 cm³/mol. The van der Waals surface area contributed by atoms with Crippen LogP contribution < -0.4 is 10.2 Å². The van der Waals surface area contributed by atoms with Crippen molar-refractivity contribution in [1.29, 1.82) is 0 Å². The van der Waals surface area contributed by atoms with E-state index in [0.29, 0.717) is 30.6 Å². The fourth-order valence-corrected chi connectivity index (χ4v) is 4.52. The van der Waals surface area contributed by atoms with Crippen molar-refractivity contribution in [2.75, 3.05) is 31.1 Å². The van der Waals surface area contributed by atoms with Gasteiger partial charge in [-0.3, -0.25) is 4.79 Å². The van der Waals surface area contributed by atoms with Gasteiger partial charge < -0.3 is 19.5 Å². The van der Waals surface area contributed by atoms with Crippen LogP contribution in [0.3, 0.4) is 0 Å². The third-order valence-corrected chi connectivity index (χ3v) is 6.03. The minimum atomic E-state index is -0.0304. The van der Waals surface area contributed by atoms with E-state index in [-0.39, 0.29) is 5.91 Å². The third-order valence-electron chi connectivity index (χ3n) is 6.03. The van der Waals surface area contributed by atoms with Crippen LogP contribution in [0.15, 0.2) is 41.0 Å². The molecule has 28 heavy (non-hydrogen) atoms. The van der Waals surface area contributed by atoms with Crippen LogP contribution >= 0.6 is 0 Å². The maximum Gasteiger partial charge on any atom is 0.254 e. The first kappa shape index (κ1) is 19.1. The Bertz CT molecular complexity index is 810. The summed E-state index contributed by atoms with van der Waals surface area (Å²) in [6, 6.07) is 10.7. The standard InChI is InChI=1S/C23H31N3O2/c1-17(15-25-10-5-6-11-25)14-24-23(27)20-9-12-28-22(20)16-26-18(2)13-19-7-3-4-8-21(19)26/h3-4,7-9,12,17-18H,5-6,10-11,13-16H2,1-2H3,(H,24,27). The van der Waals surface area contributed by atoms with Crippen LogP contribution in [0.25, 0.3) is 0 Å². The number of fused-ring (bicyclic) bond motifs is 1. The summed E-state index contributed by atoms with van der Waals surface area (Å²) in [5.74, 6) is 1.16. The first-order chi connectivity index (χ1) is 13.6. The van der Waals surface area contributed by atoms with Crippen molar-refractivity contribution >= 4 is 11.6 Å². The first-order valence-electron chi connectivity index (χ1n) is 10.5. The number of furan rings is 1. The zero-order chi connectivity index (χ0) is 19.5. The Morgan fingerprint density at radius 2 is 2.04 bits per heavy atom. The van der Waals surface area contributed by atoms with Gasteiger partial charge in [0.05, 0.1) is 18.4 Å². The Kier molecular flexibility index (Phi) is 5.72. The highest BCUT2D eigenvalue weighted by molar-refractivity contribution is 5.95. The highest BCUT2D eigenvalue weighted by atomic mass is 16.3. The summed E-state index contributed by atoms with van der Waals surface area (Å²) in [6.45, 7) is 9.19. The van der Waals surface area contributed by atoms with Crippen LogP contribution in [-0.2, 0) is 13.0 Å². The summed E-state index contributed by atoms with van der Waals surface area (Å²) in [5.41, 5.74) is 3.27. The monoisotopic (exact) mass is 381 g/mol. The van der Waals surface area contributed by atoms with E-state index in [1.165, 1.54) is 37.2 Å². The molecule has 0 spiro atoms. The van der Waals surface area contributed by atoms with E-state index in [4.69, 9.17) is 4.42 Å². The molecule has 1 amide bonds. The van der Waals surface area contributed by atoms with Crippen molar-refractivity contribution in [3.8, 4) is 0 Å². The number of carbonyl (C=O) groups is 1. The van der Waals surface area contributed by atoms with Crippen LogP contribution in [0.5, 0.6) is 0 Å². The Morgan fingerprint density at radius 1 is 1.25 bits per heavy atom. The van der Waals surface area contributed by atoms with Crippen LogP contribution in [0, 0.1) is 5.92 Å². The lowest BCUT2D eigenvalue weighted by atomic mass is 10.1. The molecule has 5 nitrogen and oxygen atoms in total. The van der Waals surface area contributed by atoms with Gasteiger partial charge in [0.25, 0.3) is 5.91 Å². The van der Waals surface area contributed by atoms with Gasteiger partial charge in [-0.05, 0) is 62.9 Å². The van der Waals surface area contributed by atoms with Crippen molar-refractivity contribution < 1.29 is 9.21 Å². The smallest absolute Gasteiger partial charge is 0.254 e. The van der Waals surface area contributed by atoms with E-state index in [2.05, 4.69) is 53.2 Å². The molecule has 2 atom stereocenters. The molecule has 3 heterocycles. The molecule has 1 aromatic carbocycles. The third kappa shape index (κ3) is 4.09. The zero-order valence-corrected chi connectivity index (χ0v) is 17.0. The lowest BCUT2D eigenvalue weighted by Gasteiger charge is -2.24. The number of nitrogens with zero attached hydrogens (tertiary/aromatic N) is 2. The second-order valence-electron chi connectivity index (χ2n) is 8.39. The summed E-state index contributed by atoms with van der Waals surface area (Å²) < 4.78 is 5.71. The normalized spacial score (nSPS) is 20.4. The molecule has 1 fully saturated rings. The van der Waals surface area contributed by atoms with E-state index in [1.54, 1.807) is 12.3 Å². The molecule has 0 aliphatic carbocycles. The molecule has 1 aromatic heterocycles. The van der Waals surface area contributed by atoms with Gasteiger partial charge in [-0.15, -0.1) is 0 Å². The Morgan fingerprint density at radius 3 is 2.86 bits per heavy atom. The van der Waals surface area contributed by atoms with E-state index in [1.807, 2.05) is 0 Å². The van der Waals surface area contributed by atoms with Crippen LogP contribution in [0.1, 0.15) is 48.4 Å². The SMILES string of the molecule is CC(CNC(=O)c1ccoc1CN1c2ccccc2CC1C)CN1CCCC1. The summed E-state index contributed by atoms with van der Waals surface area (Å²) in [4.78, 5) is 17.6. The van der Waals surface area contributed by atoms with Crippen molar-refractivity contribution in [2.45, 2.75) is 45.7 Å². The van der Waals surface area contributed by atoms with Crippen molar-refractivity contribution in [3.63, 3.8) is 0 Å². The molecule has 5 heteroatoms. The van der Waals surface area contributed by atoms with Crippen LogP contribution in [0.4, 0.5) is 5.69 Å². The fourth-order valence-electron chi connectivity index (χ4n) is 4.52. The molecule has 1 saturated heterocycles. The number of hydrogen-bond acceptors (Lipinski definition) is 4. The number of para-hydroxylation sites is 1. The average molecular weight is 382 g/mol. The minimum Gasteiger partial charge on any atom is -0.467 e. The van der Waals surface area contributed by atoms with Gasteiger partial charge in [0.2, 0.25) is 0 Å². The molecule has 4 rings (SSSR count). The number of amides is 1. The number of rotatable bonds is 7. The average Bonchev–Trinajstić information content (AvgIpc) is 3.42. The molecule has 2 aliphatic rings. The topological polar surface area (TPSA) is 48.7 Å². The lowest BCUT2D eigenvalue weighted by molar-refractivity contribution is 0.0943. The molecule has 0 saturated carbocycles. The molecule has 1 N–H and O–H groups in total. The largest absolute Gasteiger partial charge is 0.467 e. The van der Waals surface area contributed by atoms with E-state index in [9.17, 15) is 4.79 Å². The lowest BCUT2D eigenvalue weighted by Crippen LogP contribution is -2.35. The fraction of sp³-hybridized carbons (Fsp3) is 0.522. The Hall–Kier alpha value is -2.27. The number of hydrogen-bond donors (Lipinski definition) is 1. The Labute approximate surface area is 167 Å². The van der Waals surface area contributed by atoms with Crippen LogP contribution in [0.2, 0.25) is 0 Å². The summed E-state index contributed by atoms with van der Waals surface area (Å²) in [7, 11) is 0. The molecular formula is C23H31N3O2. The number of benzene rings is 1. The number of carbonyl (C=O) groups excluding carboxylic acids is 1. The summed E-state index contributed by atoms with van der Waals surface area (Å²) >= 11 is 0. The maximum atomic E-state index is 12.8. The van der Waals surface area contributed by atoms with Gasteiger partial charge in [-0.25, -0.2) is 0 Å². The summed E-state index contributed by atoms with van der Waals surface area (Å²) in [5, 5.41) is 3.11. The Balaban J connectivity index is 1.36. The van der Waals surface area contributed by atoms with Crippen molar-refractivity contribution in [3.05, 3.63) is 53.5 Å². The molecule has 150 valence electrons. The van der Waals surface area contributed by atoms with Gasteiger partial charge in [0, 0.05) is 24.8 Å². The highest BCUT2D eigenvalue weighted by Crippen LogP contribution is 2.33. The number of nitrogens with one attached hydrogen (secondary N) is 1. The van der Waals surface area contributed by atoms with Crippen molar-refractivity contribution in [1.82, 2.24) is 10.2 Å². The highest BCUT2D eigenvalue weighted by Gasteiger charge is 2.28. The second-order valence-corrected chi connectivity index (χ2v) is 8.39. The molecule has 0 bridgehead atoms. The molecular weight excluding hydrogens is 350 g/mol. The van der Waals surface area contributed by atoms with E-state index < -0.39 is 0 Å². The molecule has 2 unspecified atom stereocenters. The second kappa shape index (κ2) is 8.39. The summed E-state index contributed by atoms with van der Waals surface area (Å²) in [6.07, 6.45) is 5.27. The van der Waals surface area contributed by atoms with Crippen molar-refractivity contribution in [2.24, 2.45) is 5.92 Å². The van der Waals surface area contributed by atoms with Gasteiger partial charge in [0.1, 0.15) is 5.76 Å². The zero-order valence-electron chi connectivity index (χ0n) is 17.0. The molecule has 2 aliphatic heterocycles. The molecule has 0 radical (unpaired) electrons. The van der Waals surface area contributed by atoms with E-state index >= 15 is 0 Å². The van der Waals surface area contributed by atoms with Gasteiger partial charge >= 0.3 is 0 Å². The predicted octanol–water partition coefficient (Wildman–Crippen LogP) is 3.69. The quantitative estimate of drug-likeness (QED) is 0.795. The molecule has 2 aromatic rings. The number of likely N-dealkylation sites (tertiary alicyclic amines) is 1. The van der Waals surface area contributed by atoms with Gasteiger partial charge in [-0.1, -0.05) is 25.1 Å². The number of anilines is 1. The van der Waals surface area contributed by atoms with Crippen LogP contribution in [-0.4, -0.2) is 43.0 Å². The van der Waals surface area contributed by atoms with E-state index in [0.717, 1.165) is 18.7 Å².